The number of fused-ring (bicyclic) bond motifs is 1. The van der Waals surface area contributed by atoms with E-state index in [1.54, 1.807) is 18.2 Å². The van der Waals surface area contributed by atoms with Crippen LogP contribution < -0.4 is 10.6 Å². The first-order chi connectivity index (χ1) is 9.16. The highest BCUT2D eigenvalue weighted by Crippen LogP contribution is 2.35. The second-order valence-electron chi connectivity index (χ2n) is 4.74. The number of thiocarbonyl (C=S) groups is 1. The Hall–Kier alpha value is -1.75. The summed E-state index contributed by atoms with van der Waals surface area (Å²) in [7, 11) is 0. The highest BCUT2D eigenvalue weighted by molar-refractivity contribution is 7.80. The van der Waals surface area contributed by atoms with E-state index in [1.165, 1.54) is 6.07 Å². The molecule has 3 rings (SSSR count). The van der Waals surface area contributed by atoms with Gasteiger partial charge in [0.05, 0.1) is 12.0 Å². The average molecular weight is 276 g/mol. The van der Waals surface area contributed by atoms with E-state index in [0.717, 1.165) is 5.70 Å². The minimum atomic E-state index is -0.422. The fourth-order valence-electron chi connectivity index (χ4n) is 2.70. The van der Waals surface area contributed by atoms with Crippen LogP contribution in [-0.2, 0) is 4.79 Å². The number of carbonyl (C=O) groups is 1. The number of allylic oxidation sites excluding steroid dienone is 1. The third-order valence-electron chi connectivity index (χ3n) is 3.56. The second-order valence-corrected chi connectivity index (χ2v) is 5.15. The molecule has 3 nitrogen and oxygen atoms in total. The first-order valence-electron chi connectivity index (χ1n) is 6.21. The molecule has 1 aliphatic heterocycles. The van der Waals surface area contributed by atoms with Gasteiger partial charge < -0.3 is 10.6 Å². The molecule has 98 valence electrons. The lowest BCUT2D eigenvalue weighted by molar-refractivity contribution is -0.123. The van der Waals surface area contributed by atoms with Gasteiger partial charge in [-0.05, 0) is 24.7 Å². The quantitative estimate of drug-likeness (QED) is 0.772. The third kappa shape index (κ3) is 2.14. The molecule has 0 radical (unpaired) electrons. The number of hydrogen-bond acceptors (Lipinski definition) is 2. The summed E-state index contributed by atoms with van der Waals surface area (Å²) in [5.41, 5.74) is 1.28. The van der Waals surface area contributed by atoms with Crippen molar-refractivity contribution in [2.75, 3.05) is 0 Å². The molecule has 1 fully saturated rings. The molecule has 2 aliphatic rings. The highest BCUT2D eigenvalue weighted by atomic mass is 32.1. The van der Waals surface area contributed by atoms with Crippen molar-refractivity contribution >= 4 is 23.1 Å². The Morgan fingerprint density at radius 1 is 1.32 bits per heavy atom. The molecule has 1 aromatic carbocycles. The van der Waals surface area contributed by atoms with Gasteiger partial charge in [-0.2, -0.15) is 0 Å². The van der Waals surface area contributed by atoms with E-state index in [4.69, 9.17) is 12.2 Å². The van der Waals surface area contributed by atoms with Crippen molar-refractivity contribution in [1.29, 1.82) is 0 Å². The van der Waals surface area contributed by atoms with Gasteiger partial charge in [0.1, 0.15) is 11.6 Å². The molecule has 1 aromatic rings. The van der Waals surface area contributed by atoms with Gasteiger partial charge >= 0.3 is 0 Å². The van der Waals surface area contributed by atoms with E-state index in [9.17, 15) is 9.18 Å². The number of ketones is 1. The minimum absolute atomic E-state index is 0.119. The molecule has 0 amide bonds. The molecule has 0 saturated carbocycles. The van der Waals surface area contributed by atoms with Crippen molar-refractivity contribution in [2.24, 2.45) is 5.92 Å². The zero-order valence-corrected chi connectivity index (χ0v) is 11.0. The maximum absolute atomic E-state index is 14.0. The lowest BCUT2D eigenvalue weighted by atomic mass is 9.80. The van der Waals surface area contributed by atoms with Crippen LogP contribution in [0.15, 0.2) is 36.0 Å². The van der Waals surface area contributed by atoms with Gasteiger partial charge in [0.25, 0.3) is 0 Å². The summed E-state index contributed by atoms with van der Waals surface area (Å²) in [4.78, 5) is 12.1. The Labute approximate surface area is 115 Å². The van der Waals surface area contributed by atoms with Gasteiger partial charge in [0.2, 0.25) is 0 Å². The zero-order chi connectivity index (χ0) is 13.4. The molecular formula is C14H13FN2OS. The monoisotopic (exact) mass is 276 g/mol. The smallest absolute Gasteiger partial charge is 0.171 e. The van der Waals surface area contributed by atoms with Gasteiger partial charge in [0.15, 0.2) is 5.11 Å². The molecule has 2 atom stereocenters. The summed E-state index contributed by atoms with van der Waals surface area (Å²) in [6, 6.07) is 6.08. The lowest BCUT2D eigenvalue weighted by Gasteiger charge is -2.37. The Morgan fingerprint density at radius 2 is 2.11 bits per heavy atom. The minimum Gasteiger partial charge on any atom is -0.354 e. The predicted molar refractivity (Wildman–Crippen MR) is 73.8 cm³/mol. The van der Waals surface area contributed by atoms with Gasteiger partial charge in [-0.15, -0.1) is 0 Å². The molecular weight excluding hydrogens is 263 g/mol. The summed E-state index contributed by atoms with van der Waals surface area (Å²) in [5.74, 6) is -0.576. The van der Waals surface area contributed by atoms with Crippen molar-refractivity contribution < 1.29 is 9.18 Å². The SMILES string of the molecule is O=C1CCC=C2NC(=S)N[C@H](c3ccccc3F)[C@@H]12. The van der Waals surface area contributed by atoms with Crippen molar-refractivity contribution in [1.82, 2.24) is 10.6 Å². The first kappa shape index (κ1) is 12.3. The Bertz CT molecular complexity index is 585. The fourth-order valence-corrected chi connectivity index (χ4v) is 2.94. The maximum Gasteiger partial charge on any atom is 0.171 e. The summed E-state index contributed by atoms with van der Waals surface area (Å²) < 4.78 is 14.0. The number of rotatable bonds is 1. The van der Waals surface area contributed by atoms with E-state index in [2.05, 4.69) is 10.6 Å². The van der Waals surface area contributed by atoms with E-state index in [-0.39, 0.29) is 17.5 Å². The van der Waals surface area contributed by atoms with Crippen molar-refractivity contribution in [3.05, 3.63) is 47.4 Å². The fraction of sp³-hybridized carbons (Fsp3) is 0.286. The molecule has 1 heterocycles. The molecule has 1 saturated heterocycles. The van der Waals surface area contributed by atoms with E-state index in [1.807, 2.05) is 6.08 Å². The summed E-state index contributed by atoms with van der Waals surface area (Å²) >= 11 is 5.14. The number of Topliss-reactive ketones (excluding diaryl/α,β-unsaturated/α-hetero) is 1. The van der Waals surface area contributed by atoms with Crippen LogP contribution >= 0.6 is 12.2 Å². The maximum atomic E-state index is 14.0. The largest absolute Gasteiger partial charge is 0.354 e. The van der Waals surface area contributed by atoms with Crippen LogP contribution in [0.5, 0.6) is 0 Å². The van der Waals surface area contributed by atoms with Crippen LogP contribution in [0.1, 0.15) is 24.4 Å². The normalized spacial score (nSPS) is 26.1. The average Bonchev–Trinajstić information content (AvgIpc) is 2.38. The van der Waals surface area contributed by atoms with Crippen LogP contribution in [0.25, 0.3) is 0 Å². The van der Waals surface area contributed by atoms with Crippen LogP contribution in [0, 0.1) is 11.7 Å². The summed E-state index contributed by atoms with van der Waals surface area (Å²) in [6.07, 6.45) is 3.19. The van der Waals surface area contributed by atoms with Crippen molar-refractivity contribution in [3.8, 4) is 0 Å². The Kier molecular flexibility index (Phi) is 3.06. The third-order valence-corrected chi connectivity index (χ3v) is 3.77. The van der Waals surface area contributed by atoms with Crippen LogP contribution in [0.3, 0.4) is 0 Å². The predicted octanol–water partition coefficient (Wildman–Crippen LogP) is 2.21. The number of benzene rings is 1. The second kappa shape index (κ2) is 4.74. The topological polar surface area (TPSA) is 41.1 Å². The van der Waals surface area contributed by atoms with Gasteiger partial charge in [-0.25, -0.2) is 4.39 Å². The Morgan fingerprint density at radius 3 is 2.89 bits per heavy atom. The zero-order valence-electron chi connectivity index (χ0n) is 10.2. The molecule has 1 aliphatic carbocycles. The summed E-state index contributed by atoms with van der Waals surface area (Å²) in [5, 5.41) is 6.46. The molecule has 0 bridgehead atoms. The first-order valence-corrected chi connectivity index (χ1v) is 6.62. The summed E-state index contributed by atoms with van der Waals surface area (Å²) in [6.45, 7) is 0. The van der Waals surface area contributed by atoms with Crippen LogP contribution in [0.2, 0.25) is 0 Å². The van der Waals surface area contributed by atoms with Gasteiger partial charge in [-0.1, -0.05) is 24.3 Å². The van der Waals surface area contributed by atoms with E-state index in [0.29, 0.717) is 23.5 Å². The van der Waals surface area contributed by atoms with E-state index < -0.39 is 6.04 Å². The van der Waals surface area contributed by atoms with E-state index >= 15 is 0 Å². The standard InChI is InChI=1S/C14H13FN2OS/c15-9-5-2-1-4-8(9)13-12-10(16-14(19)17-13)6-3-7-11(12)18/h1-2,4-6,12-13H,3,7H2,(H2,16,17,19)/t12-,13-/m1/s1. The number of halogens is 1. The highest BCUT2D eigenvalue weighted by Gasteiger charge is 2.39. The number of nitrogens with one attached hydrogen (secondary N) is 2. The molecule has 0 unspecified atom stereocenters. The number of carbonyl (C=O) groups excluding carboxylic acids is 1. The molecule has 0 spiro atoms. The van der Waals surface area contributed by atoms with Crippen molar-refractivity contribution in [3.63, 3.8) is 0 Å². The molecule has 0 aromatic heterocycles. The molecule has 5 heteroatoms. The van der Waals surface area contributed by atoms with Gasteiger partial charge in [0, 0.05) is 17.7 Å². The van der Waals surface area contributed by atoms with Crippen LogP contribution in [0.4, 0.5) is 4.39 Å². The van der Waals surface area contributed by atoms with Gasteiger partial charge in [-0.3, -0.25) is 4.79 Å². The number of hydrogen-bond donors (Lipinski definition) is 2. The lowest BCUT2D eigenvalue weighted by Crippen LogP contribution is -2.51. The van der Waals surface area contributed by atoms with Crippen LogP contribution in [-0.4, -0.2) is 10.9 Å². The van der Waals surface area contributed by atoms with Crippen molar-refractivity contribution in [2.45, 2.75) is 18.9 Å². The Balaban J connectivity index is 2.06. The molecule has 2 N–H and O–H groups in total. The molecule has 19 heavy (non-hydrogen) atoms.